The first-order valence-corrected chi connectivity index (χ1v) is 7.32. The smallest absolute Gasteiger partial charge is 0.273 e. The second kappa shape index (κ2) is 7.17. The Balaban J connectivity index is 1.88. The van der Waals surface area contributed by atoms with Crippen molar-refractivity contribution in [2.24, 2.45) is 5.92 Å². The van der Waals surface area contributed by atoms with Gasteiger partial charge >= 0.3 is 0 Å². The van der Waals surface area contributed by atoms with Gasteiger partial charge in [-0.05, 0) is 51.3 Å². The van der Waals surface area contributed by atoms with Crippen LogP contribution < -0.4 is 10.6 Å². The number of carbonyl (C=O) groups is 1. The first kappa shape index (κ1) is 15.4. The molecule has 2 rings (SSSR count). The summed E-state index contributed by atoms with van der Waals surface area (Å²) in [4.78, 5) is 22.4. The molecule has 0 saturated carbocycles. The van der Waals surface area contributed by atoms with E-state index in [-0.39, 0.29) is 11.6 Å². The summed E-state index contributed by atoms with van der Waals surface area (Å²) in [6.07, 6.45) is 3.31. The number of nitrogens with zero attached hydrogens (tertiary/aromatic N) is 1. The summed E-state index contributed by atoms with van der Waals surface area (Å²) in [5.41, 5.74) is 0.887. The molecule has 1 saturated heterocycles. The molecule has 6 nitrogen and oxygen atoms in total. The second-order valence-corrected chi connectivity index (χ2v) is 5.52. The molecule has 1 amide bonds. The minimum atomic E-state index is -0.459. The molecule has 1 fully saturated rings. The number of benzene rings is 1. The number of aryl methyl sites for hydroxylation is 1. The number of rotatable bonds is 5. The van der Waals surface area contributed by atoms with E-state index < -0.39 is 4.92 Å². The fourth-order valence-electron chi connectivity index (χ4n) is 2.61. The average Bonchev–Trinajstić information content (AvgIpc) is 2.48. The van der Waals surface area contributed by atoms with Crippen molar-refractivity contribution in [2.45, 2.75) is 26.2 Å². The third kappa shape index (κ3) is 4.26. The van der Waals surface area contributed by atoms with Gasteiger partial charge in [0.15, 0.2) is 0 Å². The van der Waals surface area contributed by atoms with Crippen molar-refractivity contribution >= 4 is 11.6 Å². The molecule has 1 atom stereocenters. The predicted molar refractivity (Wildman–Crippen MR) is 80.4 cm³/mol. The van der Waals surface area contributed by atoms with Crippen LogP contribution in [0.1, 0.15) is 35.2 Å². The van der Waals surface area contributed by atoms with E-state index >= 15 is 0 Å². The van der Waals surface area contributed by atoms with Gasteiger partial charge in [0.1, 0.15) is 0 Å². The molecule has 2 N–H and O–H groups in total. The molecule has 1 aliphatic rings. The molecule has 114 valence electrons. The van der Waals surface area contributed by atoms with Gasteiger partial charge in [0.2, 0.25) is 0 Å². The predicted octanol–water partition coefficient (Wildman–Crippen LogP) is 2.02. The summed E-state index contributed by atoms with van der Waals surface area (Å²) in [6.45, 7) is 4.35. The zero-order chi connectivity index (χ0) is 15.2. The van der Waals surface area contributed by atoms with Gasteiger partial charge in [0, 0.05) is 23.7 Å². The van der Waals surface area contributed by atoms with E-state index in [1.165, 1.54) is 18.9 Å². The molecule has 1 aliphatic heterocycles. The maximum Gasteiger partial charge on any atom is 0.273 e. The molecule has 1 unspecified atom stereocenters. The van der Waals surface area contributed by atoms with Crippen molar-refractivity contribution < 1.29 is 9.72 Å². The molecule has 0 bridgehead atoms. The molecule has 0 aromatic heterocycles. The number of amides is 1. The topological polar surface area (TPSA) is 84.3 Å². The minimum absolute atomic E-state index is 0.0147. The molecule has 0 aliphatic carbocycles. The fourth-order valence-corrected chi connectivity index (χ4v) is 2.61. The van der Waals surface area contributed by atoms with Gasteiger partial charge in [-0.2, -0.15) is 0 Å². The van der Waals surface area contributed by atoms with E-state index in [4.69, 9.17) is 0 Å². The minimum Gasteiger partial charge on any atom is -0.352 e. The summed E-state index contributed by atoms with van der Waals surface area (Å²) in [5, 5.41) is 17.1. The number of nitro groups is 1. The Hall–Kier alpha value is -1.95. The monoisotopic (exact) mass is 291 g/mol. The Morgan fingerprint density at radius 2 is 2.33 bits per heavy atom. The number of nitrogens with one attached hydrogen (secondary N) is 2. The molecule has 0 radical (unpaired) electrons. The van der Waals surface area contributed by atoms with E-state index in [1.54, 1.807) is 19.1 Å². The van der Waals surface area contributed by atoms with Crippen molar-refractivity contribution in [3.63, 3.8) is 0 Å². The Bertz CT molecular complexity index is 525. The lowest BCUT2D eigenvalue weighted by Gasteiger charge is -2.22. The molecule has 1 heterocycles. The van der Waals surface area contributed by atoms with Crippen LogP contribution in [0.2, 0.25) is 0 Å². The van der Waals surface area contributed by atoms with Crippen LogP contribution in [-0.4, -0.2) is 30.5 Å². The van der Waals surface area contributed by atoms with Crippen molar-refractivity contribution in [1.29, 1.82) is 0 Å². The van der Waals surface area contributed by atoms with E-state index in [9.17, 15) is 14.9 Å². The van der Waals surface area contributed by atoms with Crippen molar-refractivity contribution in [1.82, 2.24) is 10.6 Å². The standard InChI is InChI=1S/C15H21N3O3/c1-11-4-5-13(9-14(11)18(20)21)15(19)17-8-6-12-3-2-7-16-10-12/h4-5,9,12,16H,2-3,6-8,10H2,1H3,(H,17,19). The summed E-state index contributed by atoms with van der Waals surface area (Å²) in [5.74, 6) is 0.355. The van der Waals surface area contributed by atoms with Crippen LogP contribution >= 0.6 is 0 Å². The van der Waals surface area contributed by atoms with Crippen LogP contribution in [-0.2, 0) is 0 Å². The van der Waals surface area contributed by atoms with Crippen LogP contribution in [0.4, 0.5) is 5.69 Å². The van der Waals surface area contributed by atoms with Crippen LogP contribution in [0, 0.1) is 23.0 Å². The number of hydrogen-bond donors (Lipinski definition) is 2. The molecule has 1 aromatic rings. The van der Waals surface area contributed by atoms with Crippen molar-refractivity contribution in [3.8, 4) is 0 Å². The highest BCUT2D eigenvalue weighted by atomic mass is 16.6. The van der Waals surface area contributed by atoms with Gasteiger partial charge in [-0.1, -0.05) is 6.07 Å². The first-order chi connectivity index (χ1) is 10.1. The van der Waals surface area contributed by atoms with Crippen LogP contribution in [0.25, 0.3) is 0 Å². The molecule has 6 heteroatoms. The van der Waals surface area contributed by atoms with Crippen LogP contribution in [0.5, 0.6) is 0 Å². The summed E-state index contributed by atoms with van der Waals surface area (Å²) >= 11 is 0. The molecule has 1 aromatic carbocycles. The Morgan fingerprint density at radius 3 is 3.00 bits per heavy atom. The van der Waals surface area contributed by atoms with Crippen molar-refractivity contribution in [2.75, 3.05) is 19.6 Å². The Kier molecular flexibility index (Phi) is 5.27. The van der Waals surface area contributed by atoms with E-state index in [0.29, 0.717) is 23.6 Å². The highest BCUT2D eigenvalue weighted by molar-refractivity contribution is 5.94. The zero-order valence-electron chi connectivity index (χ0n) is 12.2. The molecule has 21 heavy (non-hydrogen) atoms. The quantitative estimate of drug-likeness (QED) is 0.642. The van der Waals surface area contributed by atoms with E-state index in [1.807, 2.05) is 0 Å². The normalized spacial score (nSPS) is 18.2. The summed E-state index contributed by atoms with van der Waals surface area (Å²) in [7, 11) is 0. The lowest BCUT2D eigenvalue weighted by atomic mass is 9.96. The van der Waals surface area contributed by atoms with Crippen LogP contribution in [0.15, 0.2) is 18.2 Å². The van der Waals surface area contributed by atoms with Crippen LogP contribution in [0.3, 0.4) is 0 Å². The highest BCUT2D eigenvalue weighted by Crippen LogP contribution is 2.19. The Labute approximate surface area is 124 Å². The lowest BCUT2D eigenvalue weighted by Crippen LogP contribution is -2.33. The average molecular weight is 291 g/mol. The van der Waals surface area contributed by atoms with Gasteiger partial charge < -0.3 is 10.6 Å². The molecule has 0 spiro atoms. The first-order valence-electron chi connectivity index (χ1n) is 7.32. The molecular weight excluding hydrogens is 270 g/mol. The maximum atomic E-state index is 12.0. The van der Waals surface area contributed by atoms with E-state index in [0.717, 1.165) is 19.5 Å². The van der Waals surface area contributed by atoms with Gasteiger partial charge in [-0.3, -0.25) is 14.9 Å². The highest BCUT2D eigenvalue weighted by Gasteiger charge is 2.16. The van der Waals surface area contributed by atoms with Gasteiger partial charge in [0.05, 0.1) is 4.92 Å². The Morgan fingerprint density at radius 1 is 1.52 bits per heavy atom. The maximum absolute atomic E-state index is 12.0. The largest absolute Gasteiger partial charge is 0.352 e. The molecular formula is C15H21N3O3. The summed E-state index contributed by atoms with van der Waals surface area (Å²) in [6, 6.07) is 4.57. The number of carbonyl (C=O) groups excluding carboxylic acids is 1. The fraction of sp³-hybridized carbons (Fsp3) is 0.533. The van der Waals surface area contributed by atoms with Crippen molar-refractivity contribution in [3.05, 3.63) is 39.4 Å². The van der Waals surface area contributed by atoms with Gasteiger partial charge in [-0.25, -0.2) is 0 Å². The van der Waals surface area contributed by atoms with Gasteiger partial charge in [0.25, 0.3) is 11.6 Å². The number of piperidine rings is 1. The second-order valence-electron chi connectivity index (χ2n) is 5.52. The lowest BCUT2D eigenvalue weighted by molar-refractivity contribution is -0.385. The van der Waals surface area contributed by atoms with Gasteiger partial charge in [-0.15, -0.1) is 0 Å². The SMILES string of the molecule is Cc1ccc(C(=O)NCCC2CCCNC2)cc1[N+](=O)[O-]. The third-order valence-corrected chi connectivity index (χ3v) is 3.91. The third-order valence-electron chi connectivity index (χ3n) is 3.91. The number of hydrogen-bond acceptors (Lipinski definition) is 4. The summed E-state index contributed by atoms with van der Waals surface area (Å²) < 4.78 is 0. The number of nitro benzene ring substituents is 1. The van der Waals surface area contributed by atoms with E-state index in [2.05, 4.69) is 10.6 Å². The zero-order valence-corrected chi connectivity index (χ0v) is 12.2.